The van der Waals surface area contributed by atoms with Gasteiger partial charge in [0.15, 0.2) is 0 Å². The summed E-state index contributed by atoms with van der Waals surface area (Å²) in [5.74, 6) is 0.711. The molecule has 5 heteroatoms. The summed E-state index contributed by atoms with van der Waals surface area (Å²) in [6.45, 7) is 1.87. The van der Waals surface area contributed by atoms with Gasteiger partial charge in [-0.2, -0.15) is 0 Å². The molecule has 1 fully saturated rings. The van der Waals surface area contributed by atoms with Crippen LogP contribution in [0.2, 0.25) is 0 Å². The zero-order valence-corrected chi connectivity index (χ0v) is 9.99. The molecule has 14 heavy (non-hydrogen) atoms. The molecule has 0 aromatic carbocycles. The number of rotatable bonds is 5. The molecule has 1 aliphatic carbocycles. The molecule has 0 bridgehead atoms. The van der Waals surface area contributed by atoms with Crippen LogP contribution >= 0.6 is 22.6 Å². The van der Waals surface area contributed by atoms with Gasteiger partial charge in [-0.15, -0.1) is 0 Å². The lowest BCUT2D eigenvalue weighted by atomic mass is 10.5. The Morgan fingerprint density at radius 2 is 2.00 bits per heavy atom. The number of halogens is 1. The van der Waals surface area contributed by atoms with Gasteiger partial charge in [-0.05, 0) is 35.4 Å². The first-order chi connectivity index (χ1) is 6.84. The maximum atomic E-state index is 4.15. The van der Waals surface area contributed by atoms with Crippen LogP contribution in [-0.2, 0) is 0 Å². The number of nitrogens with one attached hydrogen (secondary N) is 2. The van der Waals surface area contributed by atoms with Crippen LogP contribution in [0, 0.1) is 3.57 Å². The van der Waals surface area contributed by atoms with E-state index in [1.54, 1.807) is 0 Å². The van der Waals surface area contributed by atoms with Gasteiger partial charge in [-0.25, -0.2) is 9.97 Å². The lowest BCUT2D eigenvalue weighted by Gasteiger charge is -2.04. The second-order valence-corrected chi connectivity index (χ2v) is 4.63. The van der Waals surface area contributed by atoms with Crippen LogP contribution in [0.3, 0.4) is 0 Å². The van der Waals surface area contributed by atoms with Crippen molar-refractivity contribution in [2.75, 3.05) is 18.4 Å². The maximum absolute atomic E-state index is 4.15. The first-order valence-electron chi connectivity index (χ1n) is 4.79. The molecule has 1 heterocycles. The highest BCUT2D eigenvalue weighted by atomic mass is 127. The van der Waals surface area contributed by atoms with Crippen LogP contribution < -0.4 is 10.6 Å². The molecule has 0 radical (unpaired) electrons. The molecule has 2 N–H and O–H groups in total. The molecule has 0 spiro atoms. The van der Waals surface area contributed by atoms with Crippen LogP contribution in [0.15, 0.2) is 12.4 Å². The minimum atomic E-state index is 0.711. The summed E-state index contributed by atoms with van der Waals surface area (Å²) < 4.78 is 1.06. The van der Waals surface area contributed by atoms with Crippen molar-refractivity contribution in [3.63, 3.8) is 0 Å². The van der Waals surface area contributed by atoms with E-state index in [9.17, 15) is 0 Å². The summed E-state index contributed by atoms with van der Waals surface area (Å²) in [4.78, 5) is 8.31. The van der Waals surface area contributed by atoms with Gasteiger partial charge in [0, 0.05) is 35.1 Å². The molecule has 1 aliphatic rings. The number of anilines is 1. The Hall–Kier alpha value is -0.430. The lowest BCUT2D eigenvalue weighted by molar-refractivity contribution is 0.699. The van der Waals surface area contributed by atoms with Gasteiger partial charge < -0.3 is 10.6 Å². The van der Waals surface area contributed by atoms with Crippen molar-refractivity contribution in [3.05, 3.63) is 16.0 Å². The Labute approximate surface area is 97.1 Å². The largest absolute Gasteiger partial charge is 0.353 e. The van der Waals surface area contributed by atoms with E-state index in [0.29, 0.717) is 5.95 Å². The van der Waals surface area contributed by atoms with Crippen LogP contribution in [0.1, 0.15) is 12.8 Å². The quantitative estimate of drug-likeness (QED) is 0.635. The Bertz CT molecular complexity index is 283. The average molecular weight is 304 g/mol. The summed E-state index contributed by atoms with van der Waals surface area (Å²) in [7, 11) is 0. The summed E-state index contributed by atoms with van der Waals surface area (Å²) in [6, 6.07) is 0.773. The average Bonchev–Trinajstić information content (AvgIpc) is 2.99. The lowest BCUT2D eigenvalue weighted by Crippen LogP contribution is -2.24. The van der Waals surface area contributed by atoms with Crippen molar-refractivity contribution in [1.29, 1.82) is 0 Å². The molecule has 76 valence electrons. The fourth-order valence-corrected chi connectivity index (χ4v) is 1.42. The van der Waals surface area contributed by atoms with Gasteiger partial charge in [-0.3, -0.25) is 0 Å². The molecular formula is C9H13IN4. The van der Waals surface area contributed by atoms with Crippen molar-refractivity contribution in [2.45, 2.75) is 18.9 Å². The third-order valence-electron chi connectivity index (χ3n) is 2.04. The minimum Gasteiger partial charge on any atom is -0.353 e. The van der Waals surface area contributed by atoms with Crippen LogP contribution in [0.25, 0.3) is 0 Å². The predicted octanol–water partition coefficient (Wildman–Crippen LogP) is 1.25. The second kappa shape index (κ2) is 4.88. The third kappa shape index (κ3) is 3.38. The van der Waals surface area contributed by atoms with Crippen molar-refractivity contribution >= 4 is 28.5 Å². The summed E-state index contributed by atoms with van der Waals surface area (Å²) >= 11 is 2.19. The van der Waals surface area contributed by atoms with E-state index in [0.717, 1.165) is 22.7 Å². The molecule has 0 saturated heterocycles. The van der Waals surface area contributed by atoms with Crippen molar-refractivity contribution in [3.8, 4) is 0 Å². The van der Waals surface area contributed by atoms with E-state index >= 15 is 0 Å². The van der Waals surface area contributed by atoms with E-state index in [1.165, 1.54) is 12.8 Å². The normalized spacial score (nSPS) is 15.5. The molecule has 2 rings (SSSR count). The van der Waals surface area contributed by atoms with Crippen molar-refractivity contribution in [2.24, 2.45) is 0 Å². The first-order valence-corrected chi connectivity index (χ1v) is 5.87. The van der Waals surface area contributed by atoms with Gasteiger partial charge >= 0.3 is 0 Å². The van der Waals surface area contributed by atoms with Gasteiger partial charge in [0.25, 0.3) is 0 Å². The predicted molar refractivity (Wildman–Crippen MR) is 64.3 cm³/mol. The van der Waals surface area contributed by atoms with E-state index in [4.69, 9.17) is 0 Å². The van der Waals surface area contributed by atoms with E-state index < -0.39 is 0 Å². The van der Waals surface area contributed by atoms with Crippen LogP contribution in [0.4, 0.5) is 5.95 Å². The van der Waals surface area contributed by atoms with E-state index in [2.05, 4.69) is 43.2 Å². The standard InChI is InChI=1S/C9H13IN4/c10-7-5-13-9(14-6-7)12-4-3-11-8-1-2-8/h5-6,8,11H,1-4H2,(H,12,13,14). The Morgan fingerprint density at radius 3 is 2.64 bits per heavy atom. The highest BCUT2D eigenvalue weighted by Gasteiger charge is 2.19. The second-order valence-electron chi connectivity index (χ2n) is 3.38. The Balaban J connectivity index is 1.66. The SMILES string of the molecule is Ic1cnc(NCCNC2CC2)nc1. The zero-order valence-electron chi connectivity index (χ0n) is 7.83. The van der Waals surface area contributed by atoms with E-state index in [-0.39, 0.29) is 0 Å². The fourth-order valence-electron chi connectivity index (χ4n) is 1.14. The van der Waals surface area contributed by atoms with E-state index in [1.807, 2.05) is 12.4 Å². The molecule has 1 saturated carbocycles. The molecule has 1 aromatic rings. The Kier molecular flexibility index (Phi) is 3.52. The zero-order chi connectivity index (χ0) is 9.80. The van der Waals surface area contributed by atoms with Gasteiger partial charge in [0.2, 0.25) is 5.95 Å². The number of hydrogen-bond donors (Lipinski definition) is 2. The topological polar surface area (TPSA) is 49.8 Å². The highest BCUT2D eigenvalue weighted by molar-refractivity contribution is 14.1. The summed E-state index contributed by atoms with van der Waals surface area (Å²) in [6.07, 6.45) is 6.29. The van der Waals surface area contributed by atoms with Gasteiger partial charge in [0.1, 0.15) is 0 Å². The summed E-state index contributed by atoms with van der Waals surface area (Å²) in [5, 5.41) is 6.59. The molecule has 0 aliphatic heterocycles. The van der Waals surface area contributed by atoms with Crippen molar-refractivity contribution < 1.29 is 0 Å². The number of aromatic nitrogens is 2. The summed E-state index contributed by atoms with van der Waals surface area (Å²) in [5.41, 5.74) is 0. The van der Waals surface area contributed by atoms with Crippen molar-refractivity contribution in [1.82, 2.24) is 15.3 Å². The molecule has 0 atom stereocenters. The molecule has 0 amide bonds. The number of hydrogen-bond acceptors (Lipinski definition) is 4. The monoisotopic (exact) mass is 304 g/mol. The fraction of sp³-hybridized carbons (Fsp3) is 0.556. The first kappa shape index (κ1) is 10.1. The van der Waals surface area contributed by atoms with Crippen LogP contribution in [-0.4, -0.2) is 29.1 Å². The molecule has 1 aromatic heterocycles. The smallest absolute Gasteiger partial charge is 0.222 e. The third-order valence-corrected chi connectivity index (χ3v) is 2.60. The molecule has 0 unspecified atom stereocenters. The van der Waals surface area contributed by atoms with Gasteiger partial charge in [0.05, 0.1) is 0 Å². The van der Waals surface area contributed by atoms with Crippen LogP contribution in [0.5, 0.6) is 0 Å². The maximum Gasteiger partial charge on any atom is 0.222 e. The van der Waals surface area contributed by atoms with Gasteiger partial charge in [-0.1, -0.05) is 0 Å². The molecule has 4 nitrogen and oxygen atoms in total. The number of nitrogens with zero attached hydrogens (tertiary/aromatic N) is 2. The minimum absolute atomic E-state index is 0.711. The highest BCUT2D eigenvalue weighted by Crippen LogP contribution is 2.17. The Morgan fingerprint density at radius 1 is 1.29 bits per heavy atom. The molecular weight excluding hydrogens is 291 g/mol.